The second kappa shape index (κ2) is 14.1. The van der Waals surface area contributed by atoms with E-state index in [1.807, 2.05) is 35.2 Å². The van der Waals surface area contributed by atoms with E-state index in [1.165, 1.54) is 12.0 Å². The summed E-state index contributed by atoms with van der Waals surface area (Å²) < 4.78 is 0. The Morgan fingerprint density at radius 2 is 1.65 bits per heavy atom. The molecule has 6 heteroatoms. The predicted molar refractivity (Wildman–Crippen MR) is 139 cm³/mol. The molecule has 2 N–H and O–H groups in total. The molecule has 0 bridgehead atoms. The van der Waals surface area contributed by atoms with Gasteiger partial charge in [-0.25, -0.2) is 4.99 Å². The van der Waals surface area contributed by atoms with Gasteiger partial charge in [-0.2, -0.15) is 0 Å². The van der Waals surface area contributed by atoms with Crippen LogP contribution in [0, 0.1) is 0 Å². The lowest BCUT2D eigenvalue weighted by atomic mass is 10.1. The highest BCUT2D eigenvalue weighted by Crippen LogP contribution is 2.14. The second-order valence-corrected chi connectivity index (χ2v) is 7.76. The lowest BCUT2D eigenvalue weighted by Crippen LogP contribution is -2.37. The largest absolute Gasteiger partial charge is 0.357 e. The van der Waals surface area contributed by atoms with E-state index in [1.54, 1.807) is 0 Å². The summed E-state index contributed by atoms with van der Waals surface area (Å²) in [5.41, 5.74) is 3.24. The summed E-state index contributed by atoms with van der Waals surface area (Å²) in [7, 11) is 0. The number of piperidine rings is 1. The molecule has 1 amide bonds. The predicted octanol–water partition coefficient (Wildman–Crippen LogP) is 4.62. The second-order valence-electron chi connectivity index (χ2n) is 7.76. The number of halogens is 1. The SMILES string of the molecule is CCNC(=NCc1ccc(C(=O)N2CCCCC2)cc1)NCCCc1ccccc1.I. The van der Waals surface area contributed by atoms with Crippen molar-refractivity contribution in [3.8, 4) is 0 Å². The first-order valence-corrected chi connectivity index (χ1v) is 11.2. The number of hydrogen-bond donors (Lipinski definition) is 2. The van der Waals surface area contributed by atoms with Gasteiger partial charge in [0.05, 0.1) is 6.54 Å². The molecule has 31 heavy (non-hydrogen) atoms. The van der Waals surface area contributed by atoms with Crippen molar-refractivity contribution < 1.29 is 4.79 Å². The number of aliphatic imine (C=N–C) groups is 1. The van der Waals surface area contributed by atoms with E-state index in [0.29, 0.717) is 6.54 Å². The number of nitrogens with one attached hydrogen (secondary N) is 2. The zero-order chi connectivity index (χ0) is 21.0. The fraction of sp³-hybridized carbons (Fsp3) is 0.440. The van der Waals surface area contributed by atoms with Gasteiger partial charge in [-0.05, 0) is 62.3 Å². The molecule has 0 aromatic heterocycles. The van der Waals surface area contributed by atoms with Gasteiger partial charge in [-0.1, -0.05) is 42.5 Å². The molecular formula is C25H35IN4O. The van der Waals surface area contributed by atoms with Crippen LogP contribution in [-0.4, -0.2) is 42.9 Å². The lowest BCUT2D eigenvalue weighted by molar-refractivity contribution is 0.0724. The summed E-state index contributed by atoms with van der Waals surface area (Å²) in [5.74, 6) is 0.984. The van der Waals surface area contributed by atoms with Crippen LogP contribution in [-0.2, 0) is 13.0 Å². The topological polar surface area (TPSA) is 56.7 Å². The number of hydrogen-bond acceptors (Lipinski definition) is 2. The Morgan fingerprint density at radius 1 is 0.935 bits per heavy atom. The third-order valence-corrected chi connectivity index (χ3v) is 5.39. The minimum absolute atomic E-state index is 0. The number of aryl methyl sites for hydroxylation is 1. The molecule has 0 saturated carbocycles. The van der Waals surface area contributed by atoms with Crippen molar-refractivity contribution in [2.75, 3.05) is 26.2 Å². The fourth-order valence-electron chi connectivity index (χ4n) is 3.69. The van der Waals surface area contributed by atoms with E-state index in [2.05, 4.69) is 41.8 Å². The highest BCUT2D eigenvalue weighted by atomic mass is 127. The van der Waals surface area contributed by atoms with Gasteiger partial charge in [0.15, 0.2) is 5.96 Å². The number of benzene rings is 2. The molecule has 1 saturated heterocycles. The van der Waals surface area contributed by atoms with Crippen molar-refractivity contribution in [1.29, 1.82) is 0 Å². The highest BCUT2D eigenvalue weighted by molar-refractivity contribution is 14.0. The summed E-state index contributed by atoms with van der Waals surface area (Å²) in [6.45, 7) is 6.13. The van der Waals surface area contributed by atoms with Gasteiger partial charge in [0, 0.05) is 31.7 Å². The molecule has 1 aliphatic heterocycles. The maximum atomic E-state index is 12.6. The average molecular weight is 534 g/mol. The van der Waals surface area contributed by atoms with Crippen molar-refractivity contribution in [2.24, 2.45) is 4.99 Å². The Kier molecular flexibility index (Phi) is 11.4. The molecule has 2 aromatic carbocycles. The molecule has 2 aromatic rings. The Morgan fingerprint density at radius 3 is 2.32 bits per heavy atom. The third kappa shape index (κ3) is 8.51. The molecule has 0 unspecified atom stereocenters. The standard InChI is InChI=1S/C25H34N4O.HI/c1-2-26-25(27-17-9-12-21-10-5-3-6-11-21)28-20-22-13-15-23(16-14-22)24(30)29-18-7-4-8-19-29;/h3,5-6,10-11,13-16H,2,4,7-9,12,17-20H2,1H3,(H2,26,27,28);1H. The quantitative estimate of drug-likeness (QED) is 0.225. The van der Waals surface area contributed by atoms with Gasteiger partial charge < -0.3 is 15.5 Å². The van der Waals surface area contributed by atoms with E-state index in [-0.39, 0.29) is 29.9 Å². The Bertz CT molecular complexity index is 802. The minimum Gasteiger partial charge on any atom is -0.357 e. The van der Waals surface area contributed by atoms with E-state index < -0.39 is 0 Å². The maximum absolute atomic E-state index is 12.6. The molecule has 3 rings (SSSR count). The fourth-order valence-corrected chi connectivity index (χ4v) is 3.69. The smallest absolute Gasteiger partial charge is 0.253 e. The van der Waals surface area contributed by atoms with Crippen molar-refractivity contribution >= 4 is 35.8 Å². The monoisotopic (exact) mass is 534 g/mol. The van der Waals surface area contributed by atoms with Crippen LogP contribution in [0.4, 0.5) is 0 Å². The molecule has 5 nitrogen and oxygen atoms in total. The molecule has 0 radical (unpaired) electrons. The van der Waals surface area contributed by atoms with Crippen LogP contribution >= 0.6 is 24.0 Å². The number of carbonyl (C=O) groups is 1. The van der Waals surface area contributed by atoms with Crippen molar-refractivity contribution in [3.05, 3.63) is 71.3 Å². The Balaban J connectivity index is 0.00000341. The van der Waals surface area contributed by atoms with Gasteiger partial charge in [0.2, 0.25) is 0 Å². The number of guanidine groups is 1. The van der Waals surface area contributed by atoms with Crippen molar-refractivity contribution in [2.45, 2.75) is 45.6 Å². The Hall–Kier alpha value is -2.09. The van der Waals surface area contributed by atoms with Gasteiger partial charge in [0.1, 0.15) is 0 Å². The average Bonchev–Trinajstić information content (AvgIpc) is 2.81. The summed E-state index contributed by atoms with van der Waals surface area (Å²) in [5, 5.41) is 6.71. The van der Waals surface area contributed by atoms with E-state index in [9.17, 15) is 4.79 Å². The molecule has 0 spiro atoms. The molecule has 168 valence electrons. The summed E-state index contributed by atoms with van der Waals surface area (Å²) >= 11 is 0. The summed E-state index contributed by atoms with van der Waals surface area (Å²) in [6, 6.07) is 18.4. The number of rotatable bonds is 8. The maximum Gasteiger partial charge on any atom is 0.253 e. The molecule has 1 heterocycles. The summed E-state index contributed by atoms with van der Waals surface area (Å²) in [4.78, 5) is 19.3. The third-order valence-electron chi connectivity index (χ3n) is 5.39. The van der Waals surface area contributed by atoms with Crippen LogP contribution in [0.1, 0.15) is 54.1 Å². The number of nitrogens with zero attached hydrogens (tertiary/aromatic N) is 2. The van der Waals surface area contributed by atoms with Crippen LogP contribution in [0.5, 0.6) is 0 Å². The van der Waals surface area contributed by atoms with Gasteiger partial charge >= 0.3 is 0 Å². The number of likely N-dealkylation sites (tertiary alicyclic amines) is 1. The molecule has 0 atom stereocenters. The van der Waals surface area contributed by atoms with Crippen molar-refractivity contribution in [1.82, 2.24) is 15.5 Å². The first-order chi connectivity index (χ1) is 14.8. The van der Waals surface area contributed by atoms with Crippen molar-refractivity contribution in [3.63, 3.8) is 0 Å². The van der Waals surface area contributed by atoms with E-state index in [4.69, 9.17) is 4.99 Å². The normalized spacial score (nSPS) is 14.0. The van der Waals surface area contributed by atoms with Crippen LogP contribution in [0.25, 0.3) is 0 Å². The molecule has 0 aliphatic carbocycles. The van der Waals surface area contributed by atoms with E-state index >= 15 is 0 Å². The van der Waals surface area contributed by atoms with Crippen LogP contribution < -0.4 is 10.6 Å². The van der Waals surface area contributed by atoms with Crippen LogP contribution in [0.2, 0.25) is 0 Å². The van der Waals surface area contributed by atoms with Gasteiger partial charge in [0.25, 0.3) is 5.91 Å². The zero-order valence-electron chi connectivity index (χ0n) is 18.5. The molecular weight excluding hydrogens is 499 g/mol. The number of amides is 1. The first-order valence-electron chi connectivity index (χ1n) is 11.2. The minimum atomic E-state index is 0. The highest BCUT2D eigenvalue weighted by Gasteiger charge is 2.17. The van der Waals surface area contributed by atoms with E-state index in [0.717, 1.165) is 68.9 Å². The number of carbonyl (C=O) groups excluding carboxylic acids is 1. The molecule has 1 fully saturated rings. The van der Waals surface area contributed by atoms with Crippen LogP contribution in [0.3, 0.4) is 0 Å². The zero-order valence-corrected chi connectivity index (χ0v) is 20.8. The molecule has 1 aliphatic rings. The Labute approximate surface area is 203 Å². The van der Waals surface area contributed by atoms with Gasteiger partial charge in [-0.15, -0.1) is 24.0 Å². The van der Waals surface area contributed by atoms with Crippen LogP contribution in [0.15, 0.2) is 59.6 Å². The summed E-state index contributed by atoms with van der Waals surface area (Å²) in [6.07, 6.45) is 5.57. The lowest BCUT2D eigenvalue weighted by Gasteiger charge is -2.26. The first kappa shape index (κ1) is 25.2. The van der Waals surface area contributed by atoms with Gasteiger partial charge in [-0.3, -0.25) is 4.79 Å².